The molecule has 0 saturated carbocycles. The summed E-state index contributed by atoms with van der Waals surface area (Å²) in [5, 5.41) is 5.93. The predicted molar refractivity (Wildman–Crippen MR) is 91.9 cm³/mol. The summed E-state index contributed by atoms with van der Waals surface area (Å²) in [6, 6.07) is 13.0. The van der Waals surface area contributed by atoms with Crippen LogP contribution in [0.3, 0.4) is 0 Å². The van der Waals surface area contributed by atoms with Gasteiger partial charge < -0.3 is 10.1 Å². The van der Waals surface area contributed by atoms with Gasteiger partial charge in [-0.25, -0.2) is 0 Å². The second-order valence-electron chi connectivity index (χ2n) is 5.47. The van der Waals surface area contributed by atoms with Crippen molar-refractivity contribution in [3.05, 3.63) is 47.5 Å². The first-order valence-electron chi connectivity index (χ1n) is 7.64. The van der Waals surface area contributed by atoms with Gasteiger partial charge in [0.25, 0.3) is 0 Å². The Kier molecular flexibility index (Phi) is 5.40. The number of rotatable bonds is 6. The van der Waals surface area contributed by atoms with E-state index in [0.29, 0.717) is 6.04 Å². The van der Waals surface area contributed by atoms with Crippen molar-refractivity contribution in [1.29, 1.82) is 0 Å². The van der Waals surface area contributed by atoms with Gasteiger partial charge in [-0.1, -0.05) is 48.9 Å². The van der Waals surface area contributed by atoms with Gasteiger partial charge in [-0.2, -0.15) is 0 Å². The molecule has 2 aromatic carbocycles. The molecule has 0 radical (unpaired) electrons. The summed E-state index contributed by atoms with van der Waals surface area (Å²) in [6.45, 7) is 7.64. The molecule has 2 heteroatoms. The third-order valence-electron chi connectivity index (χ3n) is 3.90. The van der Waals surface area contributed by atoms with E-state index in [0.717, 1.165) is 24.1 Å². The summed E-state index contributed by atoms with van der Waals surface area (Å²) in [5.74, 6) is 0.928. The highest BCUT2D eigenvalue weighted by atomic mass is 16.5. The van der Waals surface area contributed by atoms with Crippen LogP contribution in [0.25, 0.3) is 16.8 Å². The summed E-state index contributed by atoms with van der Waals surface area (Å²) in [7, 11) is 1.72. The highest BCUT2D eigenvalue weighted by Gasteiger charge is 2.07. The lowest BCUT2D eigenvalue weighted by Gasteiger charge is -2.15. The number of nitrogens with one attached hydrogen (secondary N) is 1. The van der Waals surface area contributed by atoms with Crippen LogP contribution in [0.2, 0.25) is 0 Å². The fourth-order valence-electron chi connectivity index (χ4n) is 2.49. The maximum Gasteiger partial charge on any atom is 0.126 e. The van der Waals surface area contributed by atoms with Gasteiger partial charge in [0.1, 0.15) is 5.75 Å². The first kappa shape index (κ1) is 15.6. The molecule has 0 saturated heterocycles. The molecular formula is C19H25NO. The second kappa shape index (κ2) is 7.28. The lowest BCUT2D eigenvalue weighted by Crippen LogP contribution is -2.27. The van der Waals surface area contributed by atoms with E-state index in [9.17, 15) is 0 Å². The van der Waals surface area contributed by atoms with Crippen LogP contribution in [0.4, 0.5) is 0 Å². The average Bonchev–Trinajstić information content (AvgIpc) is 2.52. The van der Waals surface area contributed by atoms with Crippen LogP contribution in [0.1, 0.15) is 32.8 Å². The summed E-state index contributed by atoms with van der Waals surface area (Å²) in [4.78, 5) is 0. The van der Waals surface area contributed by atoms with Crippen molar-refractivity contribution in [3.8, 4) is 5.75 Å². The number of hydrogen-bond donors (Lipinski definition) is 1. The third kappa shape index (κ3) is 3.64. The van der Waals surface area contributed by atoms with Crippen molar-refractivity contribution in [2.75, 3.05) is 13.7 Å². The Morgan fingerprint density at radius 2 is 1.90 bits per heavy atom. The van der Waals surface area contributed by atoms with E-state index < -0.39 is 0 Å². The fourth-order valence-corrected chi connectivity index (χ4v) is 2.49. The largest absolute Gasteiger partial charge is 0.496 e. The van der Waals surface area contributed by atoms with Gasteiger partial charge in [0.15, 0.2) is 0 Å². The first-order chi connectivity index (χ1) is 10.2. The van der Waals surface area contributed by atoms with Gasteiger partial charge in [-0.05, 0) is 43.8 Å². The first-order valence-corrected chi connectivity index (χ1v) is 7.64. The Morgan fingerprint density at radius 3 is 2.57 bits per heavy atom. The molecule has 0 bridgehead atoms. The number of methoxy groups -OCH3 is 1. The zero-order valence-electron chi connectivity index (χ0n) is 13.4. The molecule has 1 N–H and O–H groups in total. The number of ether oxygens (including phenoxy) is 1. The van der Waals surface area contributed by atoms with Crippen LogP contribution in [0, 0.1) is 0 Å². The summed E-state index contributed by atoms with van der Waals surface area (Å²) in [5.41, 5.74) is 2.59. The maximum atomic E-state index is 5.45. The van der Waals surface area contributed by atoms with Crippen molar-refractivity contribution in [1.82, 2.24) is 5.32 Å². The van der Waals surface area contributed by atoms with Gasteiger partial charge >= 0.3 is 0 Å². The summed E-state index contributed by atoms with van der Waals surface area (Å²) < 4.78 is 5.45. The van der Waals surface area contributed by atoms with E-state index in [4.69, 9.17) is 4.74 Å². The van der Waals surface area contributed by atoms with Crippen molar-refractivity contribution < 1.29 is 4.74 Å². The Labute approximate surface area is 127 Å². The van der Waals surface area contributed by atoms with Crippen LogP contribution in [0.15, 0.2) is 42.0 Å². The Morgan fingerprint density at radius 1 is 1.19 bits per heavy atom. The molecule has 0 aromatic heterocycles. The molecule has 1 atom stereocenters. The van der Waals surface area contributed by atoms with Crippen molar-refractivity contribution in [2.45, 2.75) is 33.2 Å². The molecule has 0 aliphatic carbocycles. The van der Waals surface area contributed by atoms with Crippen molar-refractivity contribution in [2.24, 2.45) is 0 Å². The molecule has 0 fully saturated rings. The number of fused-ring (bicyclic) bond motifs is 1. The van der Waals surface area contributed by atoms with Crippen LogP contribution < -0.4 is 10.1 Å². The molecule has 2 rings (SSSR count). The molecule has 0 spiro atoms. The zero-order chi connectivity index (χ0) is 15.2. The highest BCUT2D eigenvalue weighted by molar-refractivity contribution is 5.95. The van der Waals surface area contributed by atoms with E-state index in [-0.39, 0.29) is 0 Å². The minimum atomic E-state index is 0.394. The molecule has 21 heavy (non-hydrogen) atoms. The van der Waals surface area contributed by atoms with Gasteiger partial charge in [0.05, 0.1) is 7.11 Å². The van der Waals surface area contributed by atoms with Crippen molar-refractivity contribution in [3.63, 3.8) is 0 Å². The molecule has 112 valence electrons. The van der Waals surface area contributed by atoms with Gasteiger partial charge in [0.2, 0.25) is 0 Å². The number of benzene rings is 2. The molecule has 2 nitrogen and oxygen atoms in total. The van der Waals surface area contributed by atoms with Crippen LogP contribution in [-0.4, -0.2) is 19.7 Å². The minimum absolute atomic E-state index is 0.394. The Balaban J connectivity index is 2.38. The SMILES string of the molecule is CCCNC(C)/C(C)=C/c1ccc(OC)c2ccccc12. The van der Waals surface area contributed by atoms with Crippen LogP contribution >= 0.6 is 0 Å². The molecule has 2 aromatic rings. The Bertz CT molecular complexity index is 630. The predicted octanol–water partition coefficient (Wildman–Crippen LogP) is 4.64. The summed E-state index contributed by atoms with van der Waals surface area (Å²) >= 11 is 0. The molecule has 1 unspecified atom stereocenters. The lowest BCUT2D eigenvalue weighted by atomic mass is 10.00. The average molecular weight is 283 g/mol. The quantitative estimate of drug-likeness (QED) is 0.834. The zero-order valence-corrected chi connectivity index (χ0v) is 13.4. The monoisotopic (exact) mass is 283 g/mol. The molecule has 0 amide bonds. The molecule has 0 aliphatic heterocycles. The normalized spacial score (nSPS) is 13.4. The maximum absolute atomic E-state index is 5.45. The smallest absolute Gasteiger partial charge is 0.126 e. The second-order valence-corrected chi connectivity index (χ2v) is 5.47. The van der Waals surface area contributed by atoms with Gasteiger partial charge in [-0.15, -0.1) is 0 Å². The Hall–Kier alpha value is -1.80. The molecular weight excluding hydrogens is 258 g/mol. The van der Waals surface area contributed by atoms with E-state index in [1.54, 1.807) is 7.11 Å². The lowest BCUT2D eigenvalue weighted by molar-refractivity contribution is 0.420. The van der Waals surface area contributed by atoms with Gasteiger partial charge in [-0.3, -0.25) is 0 Å². The van der Waals surface area contributed by atoms with Gasteiger partial charge in [0, 0.05) is 11.4 Å². The van der Waals surface area contributed by atoms with E-state index in [2.05, 4.69) is 62.5 Å². The highest BCUT2D eigenvalue weighted by Crippen LogP contribution is 2.29. The summed E-state index contributed by atoms with van der Waals surface area (Å²) in [6.07, 6.45) is 3.43. The third-order valence-corrected chi connectivity index (χ3v) is 3.90. The fraction of sp³-hybridized carbons (Fsp3) is 0.368. The van der Waals surface area contributed by atoms with Crippen LogP contribution in [0.5, 0.6) is 5.75 Å². The van der Waals surface area contributed by atoms with E-state index >= 15 is 0 Å². The van der Waals surface area contributed by atoms with E-state index in [1.807, 2.05) is 6.07 Å². The molecule has 0 aliphatic rings. The topological polar surface area (TPSA) is 21.3 Å². The van der Waals surface area contributed by atoms with Crippen molar-refractivity contribution >= 4 is 16.8 Å². The minimum Gasteiger partial charge on any atom is -0.496 e. The molecule has 0 heterocycles. The van der Waals surface area contributed by atoms with E-state index in [1.165, 1.54) is 16.5 Å². The van der Waals surface area contributed by atoms with Crippen LogP contribution in [-0.2, 0) is 0 Å². The number of hydrogen-bond acceptors (Lipinski definition) is 2. The standard InChI is InChI=1S/C19H25NO/c1-5-12-20-15(3)14(2)13-16-10-11-19(21-4)18-9-7-6-8-17(16)18/h6-11,13,15,20H,5,12H2,1-4H3/b14-13+.